The highest BCUT2D eigenvalue weighted by molar-refractivity contribution is 5.68. The number of carbonyl (C=O) groups excluding carboxylic acids is 1. The van der Waals surface area contributed by atoms with Gasteiger partial charge in [-0.05, 0) is 38.3 Å². The molecule has 106 valence electrons. The molecule has 1 N–H and O–H groups in total. The van der Waals surface area contributed by atoms with E-state index < -0.39 is 0 Å². The summed E-state index contributed by atoms with van der Waals surface area (Å²) < 4.78 is 5.37. The standard InChI is InChI=1S/C14H28N2O2/c1-4-5-10-18-14(17)16(11-12(2)3)13-6-8-15-9-7-13/h12-13,15H,4-11H2,1-3H3. The van der Waals surface area contributed by atoms with Gasteiger partial charge in [0, 0.05) is 12.6 Å². The van der Waals surface area contributed by atoms with Crippen molar-refractivity contribution in [3.8, 4) is 0 Å². The Morgan fingerprint density at radius 2 is 2.06 bits per heavy atom. The van der Waals surface area contributed by atoms with Crippen molar-refractivity contribution < 1.29 is 9.53 Å². The zero-order valence-electron chi connectivity index (χ0n) is 12.1. The monoisotopic (exact) mass is 256 g/mol. The predicted octanol–water partition coefficient (Wildman–Crippen LogP) is 2.63. The quantitative estimate of drug-likeness (QED) is 0.743. The van der Waals surface area contributed by atoms with Gasteiger partial charge in [-0.3, -0.25) is 0 Å². The van der Waals surface area contributed by atoms with Crippen molar-refractivity contribution in [1.29, 1.82) is 0 Å². The fraction of sp³-hybridized carbons (Fsp3) is 0.929. The molecule has 0 radical (unpaired) electrons. The summed E-state index contributed by atoms with van der Waals surface area (Å²) in [6.45, 7) is 9.75. The van der Waals surface area contributed by atoms with Gasteiger partial charge in [-0.25, -0.2) is 4.79 Å². The van der Waals surface area contributed by atoms with Crippen LogP contribution in [0.25, 0.3) is 0 Å². The van der Waals surface area contributed by atoms with Gasteiger partial charge in [0.05, 0.1) is 6.61 Å². The van der Waals surface area contributed by atoms with Gasteiger partial charge in [-0.2, -0.15) is 0 Å². The van der Waals surface area contributed by atoms with Crippen molar-refractivity contribution in [2.45, 2.75) is 52.5 Å². The molecule has 0 aromatic carbocycles. The van der Waals surface area contributed by atoms with E-state index in [0.717, 1.165) is 45.3 Å². The first-order valence-electron chi connectivity index (χ1n) is 7.29. The van der Waals surface area contributed by atoms with Crippen LogP contribution in [0.1, 0.15) is 46.5 Å². The molecule has 0 atom stereocenters. The summed E-state index contributed by atoms with van der Waals surface area (Å²) in [5.74, 6) is 0.485. The molecule has 0 saturated carbocycles. The summed E-state index contributed by atoms with van der Waals surface area (Å²) >= 11 is 0. The molecule has 4 heteroatoms. The summed E-state index contributed by atoms with van der Waals surface area (Å²) in [5, 5.41) is 3.34. The number of nitrogens with zero attached hydrogens (tertiary/aromatic N) is 1. The van der Waals surface area contributed by atoms with Crippen LogP contribution in [-0.4, -0.2) is 43.3 Å². The number of carbonyl (C=O) groups is 1. The Hall–Kier alpha value is -0.770. The number of nitrogens with one attached hydrogen (secondary N) is 1. The second-order valence-electron chi connectivity index (χ2n) is 5.50. The van der Waals surface area contributed by atoms with Crippen LogP contribution in [0, 0.1) is 5.92 Å². The van der Waals surface area contributed by atoms with Crippen molar-refractivity contribution >= 4 is 6.09 Å². The maximum Gasteiger partial charge on any atom is 0.410 e. The summed E-state index contributed by atoms with van der Waals surface area (Å²) in [4.78, 5) is 14.1. The van der Waals surface area contributed by atoms with Crippen molar-refractivity contribution in [3.05, 3.63) is 0 Å². The lowest BCUT2D eigenvalue weighted by Gasteiger charge is -2.35. The Morgan fingerprint density at radius 1 is 1.39 bits per heavy atom. The average molecular weight is 256 g/mol. The minimum atomic E-state index is -0.121. The number of hydrogen-bond acceptors (Lipinski definition) is 3. The van der Waals surface area contributed by atoms with Crippen molar-refractivity contribution in [2.75, 3.05) is 26.2 Å². The zero-order chi connectivity index (χ0) is 13.4. The van der Waals surface area contributed by atoms with Crippen LogP contribution in [-0.2, 0) is 4.74 Å². The van der Waals surface area contributed by atoms with E-state index in [9.17, 15) is 4.79 Å². The van der Waals surface area contributed by atoms with Crippen LogP contribution in [0.3, 0.4) is 0 Å². The Balaban J connectivity index is 2.49. The lowest BCUT2D eigenvalue weighted by Crippen LogP contribution is -2.47. The van der Waals surface area contributed by atoms with E-state index in [4.69, 9.17) is 4.74 Å². The normalized spacial score (nSPS) is 16.9. The van der Waals surface area contributed by atoms with Gasteiger partial charge in [-0.1, -0.05) is 27.2 Å². The van der Waals surface area contributed by atoms with Crippen molar-refractivity contribution in [1.82, 2.24) is 10.2 Å². The molecule has 1 aliphatic rings. The van der Waals surface area contributed by atoms with E-state index in [-0.39, 0.29) is 6.09 Å². The van der Waals surface area contributed by atoms with Gasteiger partial charge < -0.3 is 15.0 Å². The fourth-order valence-corrected chi connectivity index (χ4v) is 2.27. The van der Waals surface area contributed by atoms with Crippen LogP contribution in [0.15, 0.2) is 0 Å². The highest BCUT2D eigenvalue weighted by Gasteiger charge is 2.26. The molecule has 0 spiro atoms. The number of ether oxygens (including phenoxy) is 1. The Bertz CT molecular complexity index is 238. The molecule has 1 saturated heterocycles. The van der Waals surface area contributed by atoms with Crippen molar-refractivity contribution in [3.63, 3.8) is 0 Å². The van der Waals surface area contributed by atoms with E-state index in [0.29, 0.717) is 18.6 Å². The van der Waals surface area contributed by atoms with Crippen LogP contribution < -0.4 is 5.32 Å². The smallest absolute Gasteiger partial charge is 0.410 e. The van der Waals surface area contributed by atoms with Gasteiger partial charge in [0.15, 0.2) is 0 Å². The largest absolute Gasteiger partial charge is 0.449 e. The molecule has 0 unspecified atom stereocenters. The third-order valence-corrected chi connectivity index (χ3v) is 3.27. The molecule has 0 aliphatic carbocycles. The Labute approximate surface area is 111 Å². The van der Waals surface area contributed by atoms with E-state index in [1.165, 1.54) is 0 Å². The molecular formula is C14H28N2O2. The summed E-state index contributed by atoms with van der Waals surface area (Å²) in [6.07, 6.45) is 3.97. The first kappa shape index (κ1) is 15.3. The molecule has 1 amide bonds. The minimum absolute atomic E-state index is 0.121. The van der Waals surface area contributed by atoms with Gasteiger partial charge in [0.25, 0.3) is 0 Å². The Morgan fingerprint density at radius 3 is 2.61 bits per heavy atom. The van der Waals surface area contributed by atoms with Crippen LogP contribution in [0.4, 0.5) is 4.79 Å². The molecule has 18 heavy (non-hydrogen) atoms. The lowest BCUT2D eigenvalue weighted by atomic mass is 10.0. The maximum absolute atomic E-state index is 12.1. The predicted molar refractivity (Wildman–Crippen MR) is 73.7 cm³/mol. The van der Waals surface area contributed by atoms with Gasteiger partial charge in [0.2, 0.25) is 0 Å². The molecule has 0 aromatic rings. The molecule has 1 aliphatic heterocycles. The molecule has 0 bridgehead atoms. The van der Waals surface area contributed by atoms with E-state index >= 15 is 0 Å². The zero-order valence-corrected chi connectivity index (χ0v) is 12.1. The first-order chi connectivity index (χ1) is 8.65. The number of piperidine rings is 1. The number of rotatable bonds is 6. The number of unbranched alkanes of at least 4 members (excludes halogenated alkanes) is 1. The molecule has 1 heterocycles. The third-order valence-electron chi connectivity index (χ3n) is 3.27. The Kier molecular flexibility index (Phi) is 7.09. The van der Waals surface area contributed by atoms with E-state index in [1.54, 1.807) is 0 Å². The topological polar surface area (TPSA) is 41.6 Å². The highest BCUT2D eigenvalue weighted by Crippen LogP contribution is 2.15. The third kappa shape index (κ3) is 5.25. The second kappa shape index (κ2) is 8.35. The SMILES string of the molecule is CCCCOC(=O)N(CC(C)C)C1CCNCC1. The molecule has 0 aromatic heterocycles. The first-order valence-corrected chi connectivity index (χ1v) is 7.29. The average Bonchev–Trinajstić information content (AvgIpc) is 2.37. The summed E-state index contributed by atoms with van der Waals surface area (Å²) in [5.41, 5.74) is 0. The van der Waals surface area contributed by atoms with Gasteiger partial charge in [0.1, 0.15) is 0 Å². The van der Waals surface area contributed by atoms with Gasteiger partial charge >= 0.3 is 6.09 Å². The highest BCUT2D eigenvalue weighted by atomic mass is 16.6. The molecular weight excluding hydrogens is 228 g/mol. The molecule has 4 nitrogen and oxygen atoms in total. The lowest BCUT2D eigenvalue weighted by molar-refractivity contribution is 0.0722. The molecule has 1 fully saturated rings. The number of hydrogen-bond donors (Lipinski definition) is 1. The van der Waals surface area contributed by atoms with E-state index in [2.05, 4.69) is 26.1 Å². The van der Waals surface area contributed by atoms with Gasteiger partial charge in [-0.15, -0.1) is 0 Å². The molecule has 1 rings (SSSR count). The van der Waals surface area contributed by atoms with Crippen molar-refractivity contribution in [2.24, 2.45) is 5.92 Å². The minimum Gasteiger partial charge on any atom is -0.449 e. The van der Waals surface area contributed by atoms with Crippen LogP contribution >= 0.6 is 0 Å². The van der Waals surface area contributed by atoms with E-state index in [1.807, 2.05) is 4.90 Å². The van der Waals surface area contributed by atoms with Crippen LogP contribution in [0.2, 0.25) is 0 Å². The summed E-state index contributed by atoms with van der Waals surface area (Å²) in [7, 11) is 0. The second-order valence-corrected chi connectivity index (χ2v) is 5.50. The summed E-state index contributed by atoms with van der Waals surface area (Å²) in [6, 6.07) is 0.350. The van der Waals surface area contributed by atoms with Crippen LogP contribution in [0.5, 0.6) is 0 Å². The fourth-order valence-electron chi connectivity index (χ4n) is 2.27. The number of amides is 1. The maximum atomic E-state index is 12.1.